The smallest absolute Gasteiger partial charge is 0.257 e. The lowest BCUT2D eigenvalue weighted by Crippen LogP contribution is -2.49. The number of nitrogens with zero attached hydrogens (tertiary/aromatic N) is 2. The molecule has 1 aliphatic rings. The second-order valence-corrected chi connectivity index (χ2v) is 8.00. The van der Waals surface area contributed by atoms with E-state index in [9.17, 15) is 14.4 Å². The minimum absolute atomic E-state index is 0.0237. The highest BCUT2D eigenvalue weighted by atomic mass is 16.2. The highest BCUT2D eigenvalue weighted by Gasteiger charge is 2.33. The van der Waals surface area contributed by atoms with Gasteiger partial charge in [0.15, 0.2) is 0 Å². The summed E-state index contributed by atoms with van der Waals surface area (Å²) in [5.74, 6) is -0.579. The van der Waals surface area contributed by atoms with Crippen LogP contribution in [0, 0.1) is 5.92 Å². The van der Waals surface area contributed by atoms with Crippen molar-refractivity contribution in [3.05, 3.63) is 59.9 Å². The fourth-order valence-corrected chi connectivity index (χ4v) is 3.73. The molecule has 31 heavy (non-hydrogen) atoms. The molecule has 0 saturated carbocycles. The summed E-state index contributed by atoms with van der Waals surface area (Å²) in [6.07, 6.45) is 6.65. The Labute approximate surface area is 183 Å². The number of piperidine rings is 1. The van der Waals surface area contributed by atoms with Gasteiger partial charge in [0.2, 0.25) is 5.91 Å². The molecule has 0 aliphatic carbocycles. The van der Waals surface area contributed by atoms with Gasteiger partial charge in [0.25, 0.3) is 11.8 Å². The third-order valence-electron chi connectivity index (χ3n) is 5.63. The van der Waals surface area contributed by atoms with E-state index in [0.29, 0.717) is 29.9 Å². The number of pyridine rings is 1. The third-order valence-corrected chi connectivity index (χ3v) is 5.63. The summed E-state index contributed by atoms with van der Waals surface area (Å²) in [6, 6.07) is 10.3. The first-order chi connectivity index (χ1) is 15.0. The number of likely N-dealkylation sites (tertiary alicyclic amines) is 1. The molecule has 1 fully saturated rings. The van der Waals surface area contributed by atoms with Gasteiger partial charge in [-0.2, -0.15) is 0 Å². The summed E-state index contributed by atoms with van der Waals surface area (Å²) in [6.45, 7) is 5.18. The predicted octanol–water partition coefficient (Wildman–Crippen LogP) is 3.49. The average molecular weight is 423 g/mol. The number of unbranched alkanes of at least 4 members (excludes halogenated alkanes) is 1. The van der Waals surface area contributed by atoms with E-state index in [0.717, 1.165) is 25.7 Å². The number of anilines is 1. The average Bonchev–Trinajstić information content (AvgIpc) is 2.79. The predicted molar refractivity (Wildman–Crippen MR) is 120 cm³/mol. The number of amides is 3. The molecule has 0 spiro atoms. The van der Waals surface area contributed by atoms with Crippen molar-refractivity contribution in [1.82, 2.24) is 15.2 Å². The Balaban J connectivity index is 1.67. The molecule has 7 heteroatoms. The van der Waals surface area contributed by atoms with Crippen molar-refractivity contribution in [3.63, 3.8) is 0 Å². The molecule has 3 rings (SSSR count). The molecular formula is C24H30N4O3. The van der Waals surface area contributed by atoms with Gasteiger partial charge in [0, 0.05) is 42.8 Å². The zero-order valence-electron chi connectivity index (χ0n) is 18.1. The van der Waals surface area contributed by atoms with Crippen LogP contribution in [0.25, 0.3) is 0 Å². The normalized spacial score (nSPS) is 18.3. The number of carbonyl (C=O) groups excluding carboxylic acids is 3. The number of hydrogen-bond acceptors (Lipinski definition) is 4. The SMILES string of the molecule is CCCCNC(=O)C1CCC(C)N(C(=O)c2cccc(NC(=O)c3cccnc3)c2)C1. The van der Waals surface area contributed by atoms with Gasteiger partial charge in [-0.15, -0.1) is 0 Å². The number of aromatic nitrogens is 1. The van der Waals surface area contributed by atoms with E-state index in [-0.39, 0.29) is 29.7 Å². The maximum atomic E-state index is 13.2. The minimum atomic E-state index is -0.284. The first-order valence-corrected chi connectivity index (χ1v) is 10.9. The summed E-state index contributed by atoms with van der Waals surface area (Å²) in [5, 5.41) is 5.79. The van der Waals surface area contributed by atoms with Crippen molar-refractivity contribution in [2.24, 2.45) is 5.92 Å². The Kier molecular flexibility index (Phi) is 7.76. The zero-order valence-corrected chi connectivity index (χ0v) is 18.1. The topological polar surface area (TPSA) is 91.4 Å². The fraction of sp³-hybridized carbons (Fsp3) is 0.417. The van der Waals surface area contributed by atoms with Gasteiger partial charge in [-0.25, -0.2) is 0 Å². The minimum Gasteiger partial charge on any atom is -0.356 e. The lowest BCUT2D eigenvalue weighted by molar-refractivity contribution is -0.126. The van der Waals surface area contributed by atoms with Crippen molar-refractivity contribution in [3.8, 4) is 0 Å². The van der Waals surface area contributed by atoms with Crippen molar-refractivity contribution in [1.29, 1.82) is 0 Å². The molecule has 1 saturated heterocycles. The lowest BCUT2D eigenvalue weighted by atomic mass is 9.92. The summed E-state index contributed by atoms with van der Waals surface area (Å²) in [4.78, 5) is 43.8. The molecule has 2 heterocycles. The molecular weight excluding hydrogens is 392 g/mol. The maximum Gasteiger partial charge on any atom is 0.257 e. The first-order valence-electron chi connectivity index (χ1n) is 10.9. The van der Waals surface area contributed by atoms with Crippen LogP contribution in [0.3, 0.4) is 0 Å². The molecule has 7 nitrogen and oxygen atoms in total. The fourth-order valence-electron chi connectivity index (χ4n) is 3.73. The van der Waals surface area contributed by atoms with Crippen molar-refractivity contribution >= 4 is 23.4 Å². The molecule has 0 radical (unpaired) electrons. The van der Waals surface area contributed by atoms with Gasteiger partial charge < -0.3 is 15.5 Å². The Bertz CT molecular complexity index is 916. The molecule has 2 aromatic rings. The van der Waals surface area contributed by atoms with Crippen LogP contribution in [0.2, 0.25) is 0 Å². The second-order valence-electron chi connectivity index (χ2n) is 8.00. The molecule has 3 amide bonds. The van der Waals surface area contributed by atoms with Gasteiger partial charge in [-0.3, -0.25) is 19.4 Å². The number of rotatable bonds is 7. The van der Waals surface area contributed by atoms with Crippen LogP contribution in [0.5, 0.6) is 0 Å². The van der Waals surface area contributed by atoms with Gasteiger partial charge >= 0.3 is 0 Å². The number of hydrogen-bond donors (Lipinski definition) is 2. The van der Waals surface area contributed by atoms with E-state index in [4.69, 9.17) is 0 Å². The monoisotopic (exact) mass is 422 g/mol. The van der Waals surface area contributed by atoms with Crippen LogP contribution in [-0.4, -0.2) is 46.7 Å². The van der Waals surface area contributed by atoms with Crippen molar-refractivity contribution in [2.75, 3.05) is 18.4 Å². The van der Waals surface area contributed by atoms with E-state index in [2.05, 4.69) is 22.5 Å². The van der Waals surface area contributed by atoms with Gasteiger partial charge in [-0.1, -0.05) is 19.4 Å². The van der Waals surface area contributed by atoms with Gasteiger partial charge in [0.1, 0.15) is 0 Å². The van der Waals surface area contributed by atoms with E-state index in [1.165, 1.54) is 6.20 Å². The van der Waals surface area contributed by atoms with Crippen molar-refractivity contribution < 1.29 is 14.4 Å². The van der Waals surface area contributed by atoms with E-state index in [1.54, 1.807) is 47.5 Å². The maximum absolute atomic E-state index is 13.2. The number of nitrogens with one attached hydrogen (secondary N) is 2. The number of benzene rings is 1. The lowest BCUT2D eigenvalue weighted by Gasteiger charge is -2.37. The van der Waals surface area contributed by atoms with Gasteiger partial charge in [-0.05, 0) is 56.5 Å². The van der Waals surface area contributed by atoms with Crippen LogP contribution < -0.4 is 10.6 Å². The third kappa shape index (κ3) is 5.90. The molecule has 164 valence electrons. The highest BCUT2D eigenvalue weighted by molar-refractivity contribution is 6.05. The molecule has 2 N–H and O–H groups in total. The second kappa shape index (κ2) is 10.7. The van der Waals surface area contributed by atoms with E-state index < -0.39 is 0 Å². The Morgan fingerprint density at radius 1 is 1.13 bits per heavy atom. The van der Waals surface area contributed by atoms with Crippen LogP contribution >= 0.6 is 0 Å². The largest absolute Gasteiger partial charge is 0.356 e. The van der Waals surface area contributed by atoms with Crippen LogP contribution in [0.15, 0.2) is 48.8 Å². The molecule has 2 unspecified atom stereocenters. The summed E-state index contributed by atoms with van der Waals surface area (Å²) in [7, 11) is 0. The quantitative estimate of drug-likeness (QED) is 0.668. The summed E-state index contributed by atoms with van der Waals surface area (Å²) < 4.78 is 0. The molecule has 1 aromatic heterocycles. The number of carbonyl (C=O) groups is 3. The van der Waals surface area contributed by atoms with E-state index in [1.807, 2.05) is 6.92 Å². The zero-order chi connectivity index (χ0) is 22.2. The van der Waals surface area contributed by atoms with Crippen LogP contribution in [0.4, 0.5) is 5.69 Å². The Morgan fingerprint density at radius 3 is 2.68 bits per heavy atom. The standard InChI is InChI=1S/C24H30N4O3/c1-3-4-13-26-22(29)20-11-10-17(2)28(16-20)24(31)18-7-5-9-21(14-18)27-23(30)19-8-6-12-25-15-19/h5-9,12,14-15,17,20H,3-4,10-11,13,16H2,1-2H3,(H,26,29)(H,27,30). The Hall–Kier alpha value is -3.22. The summed E-state index contributed by atoms with van der Waals surface area (Å²) in [5.41, 5.74) is 1.47. The highest BCUT2D eigenvalue weighted by Crippen LogP contribution is 2.25. The molecule has 1 aromatic carbocycles. The summed E-state index contributed by atoms with van der Waals surface area (Å²) >= 11 is 0. The van der Waals surface area contributed by atoms with Crippen LogP contribution in [-0.2, 0) is 4.79 Å². The van der Waals surface area contributed by atoms with Crippen LogP contribution in [0.1, 0.15) is 60.2 Å². The van der Waals surface area contributed by atoms with Gasteiger partial charge in [0.05, 0.1) is 11.5 Å². The molecule has 1 aliphatic heterocycles. The van der Waals surface area contributed by atoms with Crippen molar-refractivity contribution in [2.45, 2.75) is 45.6 Å². The Morgan fingerprint density at radius 2 is 1.94 bits per heavy atom. The first kappa shape index (κ1) is 22.5. The molecule has 0 bridgehead atoms. The van der Waals surface area contributed by atoms with E-state index >= 15 is 0 Å². The molecule has 2 atom stereocenters.